The number of esters is 1. The number of carbonyl (C=O) groups excluding carboxylic acids is 1. The van der Waals surface area contributed by atoms with Gasteiger partial charge in [0.05, 0.1) is 23.0 Å². The molecule has 244 valence electrons. The zero-order valence-electron chi connectivity index (χ0n) is 28.0. The van der Waals surface area contributed by atoms with Crippen LogP contribution in [0.3, 0.4) is 0 Å². The first-order valence-corrected chi connectivity index (χ1v) is 17.3. The number of fused-ring (bicyclic) bond motifs is 1. The van der Waals surface area contributed by atoms with E-state index < -0.39 is 17.6 Å². The Bertz CT molecular complexity index is 1270. The van der Waals surface area contributed by atoms with E-state index in [1.165, 1.54) is 31.3 Å². The summed E-state index contributed by atoms with van der Waals surface area (Å²) < 4.78 is 12.1. The van der Waals surface area contributed by atoms with Crippen LogP contribution in [0.15, 0.2) is 40.0 Å². The second kappa shape index (κ2) is 12.9. The quantitative estimate of drug-likeness (QED) is 0.264. The number of rotatable bonds is 10. The summed E-state index contributed by atoms with van der Waals surface area (Å²) in [6.45, 7) is 16.9. The van der Waals surface area contributed by atoms with E-state index in [-0.39, 0.29) is 22.9 Å². The maximum absolute atomic E-state index is 13.2. The third-order valence-corrected chi connectivity index (χ3v) is 11.5. The fourth-order valence-electron chi connectivity index (χ4n) is 8.64. The molecule has 0 radical (unpaired) electrons. The highest BCUT2D eigenvalue weighted by molar-refractivity contribution is 5.75. The van der Waals surface area contributed by atoms with Crippen molar-refractivity contribution in [3.05, 3.63) is 47.2 Å². The average molecular weight is 609 g/mol. The summed E-state index contributed by atoms with van der Waals surface area (Å²) in [4.78, 5) is 17.9. The summed E-state index contributed by atoms with van der Waals surface area (Å²) in [7, 11) is 0. The van der Waals surface area contributed by atoms with Crippen molar-refractivity contribution in [3.8, 4) is 0 Å². The maximum Gasteiger partial charge on any atom is 0.311 e. The Morgan fingerprint density at radius 1 is 1.18 bits per heavy atom. The molecule has 44 heavy (non-hydrogen) atoms. The molecular formula is C37H56N2O5. The van der Waals surface area contributed by atoms with Gasteiger partial charge in [-0.05, 0) is 126 Å². The molecule has 1 aromatic rings. The summed E-state index contributed by atoms with van der Waals surface area (Å²) >= 11 is 0. The number of ether oxygens (including phenoxy) is 1. The highest BCUT2D eigenvalue weighted by Crippen LogP contribution is 2.60. The lowest BCUT2D eigenvalue weighted by atomic mass is 9.60. The van der Waals surface area contributed by atoms with Gasteiger partial charge in [-0.25, -0.2) is 0 Å². The van der Waals surface area contributed by atoms with Crippen molar-refractivity contribution in [2.24, 2.45) is 28.6 Å². The molecule has 0 bridgehead atoms. The minimum absolute atomic E-state index is 0.167. The van der Waals surface area contributed by atoms with Crippen LogP contribution < -0.4 is 0 Å². The summed E-state index contributed by atoms with van der Waals surface area (Å²) in [5.74, 6) is 2.86. The SMILES string of the molecule is C=C1C(=CC=C2CCC[C@]3(C)[C@@H]([C@H](C)CC[C@@H](OC(=O)C(C)(C)C)C4(c5nc(CCC)no5)CC4)CC[C@@H]23)C[C@@H](O)C[C@@H]1O. The van der Waals surface area contributed by atoms with Crippen molar-refractivity contribution >= 4 is 5.97 Å². The summed E-state index contributed by atoms with van der Waals surface area (Å²) in [6.07, 6.45) is 15.2. The molecule has 0 spiro atoms. The van der Waals surface area contributed by atoms with Crippen molar-refractivity contribution in [2.45, 2.75) is 149 Å². The van der Waals surface area contributed by atoms with Gasteiger partial charge < -0.3 is 19.5 Å². The largest absolute Gasteiger partial charge is 0.461 e. The van der Waals surface area contributed by atoms with Crippen LogP contribution in [-0.2, 0) is 21.4 Å². The van der Waals surface area contributed by atoms with Gasteiger partial charge in [0, 0.05) is 12.8 Å². The van der Waals surface area contributed by atoms with Gasteiger partial charge in [-0.1, -0.05) is 50.2 Å². The second-order valence-corrected chi connectivity index (χ2v) is 15.8. The molecule has 7 atom stereocenters. The molecule has 4 saturated carbocycles. The van der Waals surface area contributed by atoms with Crippen molar-refractivity contribution in [3.63, 3.8) is 0 Å². The molecule has 0 saturated heterocycles. The molecule has 0 amide bonds. The van der Waals surface area contributed by atoms with Crippen molar-refractivity contribution in [2.75, 3.05) is 0 Å². The third-order valence-electron chi connectivity index (χ3n) is 11.5. The Hall–Kier alpha value is -2.25. The molecule has 0 aliphatic heterocycles. The van der Waals surface area contributed by atoms with Gasteiger partial charge in [-0.3, -0.25) is 4.79 Å². The van der Waals surface area contributed by atoms with E-state index in [1.54, 1.807) is 0 Å². The first-order valence-electron chi connectivity index (χ1n) is 17.3. The summed E-state index contributed by atoms with van der Waals surface area (Å²) in [6, 6.07) is 0. The van der Waals surface area contributed by atoms with Crippen molar-refractivity contribution < 1.29 is 24.3 Å². The molecule has 7 nitrogen and oxygen atoms in total. The van der Waals surface area contributed by atoms with Crippen LogP contribution in [0.5, 0.6) is 0 Å². The smallest absolute Gasteiger partial charge is 0.311 e. The monoisotopic (exact) mass is 608 g/mol. The molecular weight excluding hydrogens is 552 g/mol. The van der Waals surface area contributed by atoms with Gasteiger partial charge >= 0.3 is 5.97 Å². The fourth-order valence-corrected chi connectivity index (χ4v) is 8.64. The number of hydrogen-bond acceptors (Lipinski definition) is 7. The van der Waals surface area contributed by atoms with E-state index in [0.29, 0.717) is 36.5 Å². The van der Waals surface area contributed by atoms with E-state index in [0.717, 1.165) is 61.9 Å². The molecule has 2 N–H and O–H groups in total. The first kappa shape index (κ1) is 33.1. The predicted molar refractivity (Wildman–Crippen MR) is 172 cm³/mol. The normalized spacial score (nSPS) is 33.3. The minimum atomic E-state index is -0.656. The Morgan fingerprint density at radius 3 is 2.61 bits per heavy atom. The Kier molecular flexibility index (Phi) is 9.68. The lowest BCUT2D eigenvalue weighted by Gasteiger charge is -2.44. The zero-order chi connectivity index (χ0) is 31.9. The average Bonchev–Trinajstić information content (AvgIpc) is 3.48. The van der Waals surface area contributed by atoms with E-state index >= 15 is 0 Å². The molecule has 4 aliphatic carbocycles. The number of aryl methyl sites for hydroxylation is 1. The third kappa shape index (κ3) is 6.65. The van der Waals surface area contributed by atoms with E-state index in [1.807, 2.05) is 20.8 Å². The summed E-state index contributed by atoms with van der Waals surface area (Å²) in [5.41, 5.74) is 2.54. The Labute approximate surface area is 264 Å². The topological polar surface area (TPSA) is 106 Å². The molecule has 5 rings (SSSR count). The highest BCUT2D eigenvalue weighted by Gasteiger charge is 2.58. The van der Waals surface area contributed by atoms with Gasteiger partial charge in [0.25, 0.3) is 0 Å². The molecule has 4 fully saturated rings. The van der Waals surface area contributed by atoms with Gasteiger partial charge in [0.15, 0.2) is 5.82 Å². The van der Waals surface area contributed by atoms with Gasteiger partial charge in [0.1, 0.15) is 6.10 Å². The van der Waals surface area contributed by atoms with Gasteiger partial charge in [0.2, 0.25) is 5.89 Å². The minimum Gasteiger partial charge on any atom is -0.461 e. The second-order valence-electron chi connectivity index (χ2n) is 15.8. The Morgan fingerprint density at radius 2 is 1.93 bits per heavy atom. The Balaban J connectivity index is 1.30. The number of carbonyl (C=O) groups is 1. The number of allylic oxidation sites excluding steroid dienone is 3. The van der Waals surface area contributed by atoms with Crippen LogP contribution >= 0.6 is 0 Å². The molecule has 0 aromatic carbocycles. The molecule has 1 aromatic heterocycles. The number of hydrogen-bond donors (Lipinski definition) is 2. The zero-order valence-corrected chi connectivity index (χ0v) is 28.0. The standard InChI is InChI=1S/C37H56N2O5/c1-8-10-32-38-33(44-39-32)37(19-20-37)31(43-34(42)35(4,5)6)17-12-23(2)28-15-16-29-25(11-9-18-36(28,29)7)13-14-26-21-27(40)22-30(41)24(26)3/h13-14,23,27-31,40-41H,3,8-12,15-22H2,1-2,4-7H3/t23-,27-,28-,29+,30+,31-,36-/m1/s1. The van der Waals surface area contributed by atoms with Crippen LogP contribution in [0, 0.1) is 28.6 Å². The maximum atomic E-state index is 13.2. The fraction of sp³-hybridized carbons (Fsp3) is 0.757. The highest BCUT2D eigenvalue weighted by atomic mass is 16.5. The van der Waals surface area contributed by atoms with Crippen molar-refractivity contribution in [1.29, 1.82) is 0 Å². The van der Waals surface area contributed by atoms with E-state index in [2.05, 4.69) is 44.7 Å². The summed E-state index contributed by atoms with van der Waals surface area (Å²) in [5, 5.41) is 24.7. The van der Waals surface area contributed by atoms with Crippen LogP contribution in [-0.4, -0.2) is 44.6 Å². The van der Waals surface area contributed by atoms with Crippen LogP contribution in [0.4, 0.5) is 0 Å². The predicted octanol–water partition coefficient (Wildman–Crippen LogP) is 7.57. The number of nitrogens with zero attached hydrogens (tertiary/aromatic N) is 2. The van der Waals surface area contributed by atoms with Crippen LogP contribution in [0.2, 0.25) is 0 Å². The van der Waals surface area contributed by atoms with Crippen LogP contribution in [0.1, 0.15) is 130 Å². The van der Waals surface area contributed by atoms with E-state index in [4.69, 9.17) is 14.2 Å². The number of aliphatic hydroxyl groups excluding tert-OH is 2. The van der Waals surface area contributed by atoms with Gasteiger partial charge in [-0.15, -0.1) is 0 Å². The first-order chi connectivity index (χ1) is 20.8. The molecule has 1 heterocycles. The van der Waals surface area contributed by atoms with Crippen LogP contribution in [0.25, 0.3) is 0 Å². The number of aliphatic hydroxyl groups is 2. The molecule has 7 heteroatoms. The van der Waals surface area contributed by atoms with Crippen molar-refractivity contribution in [1.82, 2.24) is 10.1 Å². The lowest BCUT2D eigenvalue weighted by molar-refractivity contribution is -0.161. The van der Waals surface area contributed by atoms with Gasteiger partial charge in [-0.2, -0.15) is 4.98 Å². The number of aromatic nitrogens is 2. The molecule has 4 aliphatic rings. The lowest BCUT2D eigenvalue weighted by Crippen LogP contribution is -2.38. The van der Waals surface area contributed by atoms with E-state index in [9.17, 15) is 15.0 Å². The molecule has 0 unspecified atom stereocenters.